The maximum atomic E-state index is 9.13. The number of hydrogen-bond donors (Lipinski definition) is 2. The lowest BCUT2D eigenvalue weighted by atomic mass is 11.2. The Balaban J connectivity index is 2.85. The third kappa shape index (κ3) is 3.23. The third-order valence-corrected chi connectivity index (χ3v) is 0.123. The minimum atomic E-state index is -1.22. The van der Waals surface area contributed by atoms with E-state index < -0.39 is 6.03 Å². The molecule has 0 atom stereocenters. The molecule has 0 unspecified atom stereocenters. The third-order valence-electron chi connectivity index (χ3n) is 0.123. The molecule has 0 aliphatic heterocycles. The van der Waals surface area contributed by atoms with Crippen molar-refractivity contribution < 1.29 is 4.79 Å². The molecule has 3 N–H and O–H groups in total. The number of hydrazine groups is 1. The van der Waals surface area contributed by atoms with Crippen molar-refractivity contribution in [3.63, 3.8) is 0 Å². The van der Waals surface area contributed by atoms with Crippen LogP contribution in [0.1, 0.15) is 0 Å². The van der Waals surface area contributed by atoms with Gasteiger partial charge in [-0.15, -0.1) is 0 Å². The summed E-state index contributed by atoms with van der Waals surface area (Å²) in [4.78, 5) is 9.13. The summed E-state index contributed by atoms with van der Waals surface area (Å²) in [5.74, 6) is 4.32. The van der Waals surface area contributed by atoms with E-state index in [9.17, 15) is 0 Å². The molecule has 2 radical (unpaired) electrons. The van der Waals surface area contributed by atoms with Gasteiger partial charge in [-0.3, -0.25) is 5.43 Å². The minimum Gasteiger partial charge on any atom is -0.273 e. The van der Waals surface area contributed by atoms with Crippen molar-refractivity contribution in [2.75, 3.05) is 0 Å². The summed E-state index contributed by atoms with van der Waals surface area (Å²) < 4.78 is 0. The highest BCUT2D eigenvalue weighted by Crippen LogP contribution is 1.40. The fourth-order valence-electron chi connectivity index (χ4n) is 0. The van der Waals surface area contributed by atoms with Gasteiger partial charge in [-0.1, -0.05) is 5.73 Å². The number of amides is 2. The van der Waals surface area contributed by atoms with E-state index >= 15 is 0 Å². The van der Waals surface area contributed by atoms with Crippen LogP contribution in [0.3, 0.4) is 0 Å². The second-order valence-electron chi connectivity index (χ2n) is 0.449. The van der Waals surface area contributed by atoms with Gasteiger partial charge in [0.2, 0.25) is 0 Å². The van der Waals surface area contributed by atoms with Gasteiger partial charge in [0.15, 0.2) is 0 Å². The number of rotatable bonds is 0. The standard InChI is InChI=1S/CH3N3O/c2-1(5)4-3/h3H2,(H,4,5). The van der Waals surface area contributed by atoms with Crippen LogP contribution in [0.4, 0.5) is 4.79 Å². The first-order valence-corrected chi connectivity index (χ1v) is 0.966. The molecular formula is CH3N3O. The zero-order valence-corrected chi connectivity index (χ0v) is 2.43. The van der Waals surface area contributed by atoms with Crippen LogP contribution in [0, 0.1) is 0 Å². The first-order chi connectivity index (χ1) is 2.27. The quantitative estimate of drug-likeness (QED) is 0.211. The van der Waals surface area contributed by atoms with E-state index in [1.165, 1.54) is 5.43 Å². The van der Waals surface area contributed by atoms with Crippen molar-refractivity contribution in [2.45, 2.75) is 0 Å². The summed E-state index contributed by atoms with van der Waals surface area (Å²) in [6.07, 6.45) is 0. The fourth-order valence-corrected chi connectivity index (χ4v) is 0. The Bertz CT molecular complexity index is 42.2. The number of urea groups is 1. The van der Waals surface area contributed by atoms with Gasteiger partial charge in [-0.05, 0) is 0 Å². The molecule has 0 fully saturated rings. The molecule has 5 heavy (non-hydrogen) atoms. The van der Waals surface area contributed by atoms with Crippen molar-refractivity contribution in [2.24, 2.45) is 5.84 Å². The molecule has 0 rings (SSSR count). The molecule has 0 aromatic rings. The van der Waals surface area contributed by atoms with E-state index in [0.29, 0.717) is 0 Å². The normalized spacial score (nSPS) is 6.60. The predicted molar refractivity (Wildman–Crippen MR) is 14.9 cm³/mol. The lowest BCUT2D eigenvalue weighted by molar-refractivity contribution is 0.248. The van der Waals surface area contributed by atoms with Gasteiger partial charge >= 0.3 is 6.03 Å². The Morgan fingerprint density at radius 1 is 2.00 bits per heavy atom. The molecule has 2 amide bonds. The molecule has 4 heteroatoms. The minimum absolute atomic E-state index is 1.22. The van der Waals surface area contributed by atoms with Gasteiger partial charge < -0.3 is 0 Å². The van der Waals surface area contributed by atoms with Gasteiger partial charge in [-0.25, -0.2) is 10.6 Å². The molecular weight excluding hydrogens is 70.0 g/mol. The number of carbonyl (C=O) groups excluding carboxylic acids is 1. The molecule has 0 bridgehead atoms. The Hall–Kier alpha value is -0.770. The number of nitrogens with one attached hydrogen (secondary N) is 1. The summed E-state index contributed by atoms with van der Waals surface area (Å²) in [7, 11) is 0. The van der Waals surface area contributed by atoms with Crippen LogP contribution in [0.5, 0.6) is 0 Å². The number of nitrogens with zero attached hydrogens (tertiary/aromatic N) is 1. The number of carbonyl (C=O) groups is 1. The SMILES string of the molecule is [N]C(=O)NN. The van der Waals surface area contributed by atoms with Crippen LogP contribution in [0.15, 0.2) is 0 Å². The maximum Gasteiger partial charge on any atom is 0.373 e. The van der Waals surface area contributed by atoms with Gasteiger partial charge in [0.25, 0.3) is 0 Å². The van der Waals surface area contributed by atoms with Crippen molar-refractivity contribution in [1.29, 1.82) is 0 Å². The molecule has 0 aliphatic rings. The average Bonchev–Trinajstić information content (AvgIpc) is 1.38. The maximum absolute atomic E-state index is 9.13. The lowest BCUT2D eigenvalue weighted by Crippen LogP contribution is -2.28. The summed E-state index contributed by atoms with van der Waals surface area (Å²) in [6.45, 7) is 0. The van der Waals surface area contributed by atoms with Gasteiger partial charge in [0, 0.05) is 0 Å². The van der Waals surface area contributed by atoms with E-state index in [2.05, 4.69) is 5.84 Å². The van der Waals surface area contributed by atoms with Gasteiger partial charge in [0.1, 0.15) is 0 Å². The molecule has 0 aromatic heterocycles. The van der Waals surface area contributed by atoms with Crippen LogP contribution < -0.4 is 17.0 Å². The molecule has 0 aliphatic carbocycles. The zero-order valence-electron chi connectivity index (χ0n) is 2.43. The molecule has 0 saturated carbocycles. The lowest BCUT2D eigenvalue weighted by Gasteiger charge is -1.76. The topological polar surface area (TPSA) is 77.4 Å². The molecule has 0 spiro atoms. The molecule has 0 aromatic carbocycles. The van der Waals surface area contributed by atoms with Crippen LogP contribution in [-0.2, 0) is 0 Å². The number of hydrogen-bond acceptors (Lipinski definition) is 2. The van der Waals surface area contributed by atoms with Crippen molar-refractivity contribution in [3.05, 3.63) is 0 Å². The largest absolute Gasteiger partial charge is 0.373 e. The van der Waals surface area contributed by atoms with Crippen molar-refractivity contribution >= 4 is 6.03 Å². The van der Waals surface area contributed by atoms with E-state index in [0.717, 1.165) is 0 Å². The Labute approximate surface area is 29.1 Å². The molecule has 0 saturated heterocycles. The summed E-state index contributed by atoms with van der Waals surface area (Å²) in [6, 6.07) is -1.22. The van der Waals surface area contributed by atoms with Crippen LogP contribution >= 0.6 is 0 Å². The zero-order chi connectivity index (χ0) is 4.28. The van der Waals surface area contributed by atoms with Crippen molar-refractivity contribution in [1.82, 2.24) is 11.2 Å². The Morgan fingerprint density at radius 2 is 2.20 bits per heavy atom. The van der Waals surface area contributed by atoms with Gasteiger partial charge in [0.05, 0.1) is 0 Å². The number of nitrogens with two attached hydrogens (primary N) is 1. The van der Waals surface area contributed by atoms with E-state index in [1.54, 1.807) is 0 Å². The predicted octanol–water partition coefficient (Wildman–Crippen LogP) is -1.36. The summed E-state index contributed by atoms with van der Waals surface area (Å²) >= 11 is 0. The van der Waals surface area contributed by atoms with Crippen LogP contribution in [0.2, 0.25) is 0 Å². The Morgan fingerprint density at radius 3 is 2.20 bits per heavy atom. The molecule has 0 heterocycles. The van der Waals surface area contributed by atoms with Crippen molar-refractivity contribution in [3.8, 4) is 0 Å². The molecule has 28 valence electrons. The Kier molecular flexibility index (Phi) is 1.30. The smallest absolute Gasteiger partial charge is 0.273 e. The first-order valence-electron chi connectivity index (χ1n) is 0.966. The summed E-state index contributed by atoms with van der Waals surface area (Å²) in [5, 5.41) is 0. The highest BCUT2D eigenvalue weighted by atomic mass is 16.2. The summed E-state index contributed by atoms with van der Waals surface area (Å²) in [5.41, 5.74) is 8.93. The highest BCUT2D eigenvalue weighted by molar-refractivity contribution is 5.69. The highest BCUT2D eigenvalue weighted by Gasteiger charge is 1.79. The van der Waals surface area contributed by atoms with E-state index in [-0.39, 0.29) is 0 Å². The second kappa shape index (κ2) is 1.54. The van der Waals surface area contributed by atoms with Crippen LogP contribution in [0.25, 0.3) is 0 Å². The average molecular weight is 73.1 g/mol. The molecule has 4 nitrogen and oxygen atoms in total. The second-order valence-corrected chi connectivity index (χ2v) is 0.449. The fraction of sp³-hybridized carbons (Fsp3) is 0. The first kappa shape index (κ1) is 4.23. The van der Waals surface area contributed by atoms with Crippen LogP contribution in [-0.4, -0.2) is 6.03 Å². The van der Waals surface area contributed by atoms with E-state index in [1.807, 2.05) is 0 Å². The monoisotopic (exact) mass is 73.0 g/mol. The van der Waals surface area contributed by atoms with E-state index in [4.69, 9.17) is 10.5 Å². The van der Waals surface area contributed by atoms with Gasteiger partial charge in [-0.2, -0.15) is 0 Å².